The third-order valence-electron chi connectivity index (χ3n) is 4.91. The molecule has 0 bridgehead atoms. The Bertz CT molecular complexity index is 699. The summed E-state index contributed by atoms with van der Waals surface area (Å²) in [5, 5.41) is 17.6. The van der Waals surface area contributed by atoms with E-state index in [-0.39, 0.29) is 11.9 Å². The average Bonchev–Trinajstić information content (AvgIpc) is 3.18. The smallest absolute Gasteiger partial charge is 0.241 e. The lowest BCUT2D eigenvalue weighted by Gasteiger charge is -2.28. The first-order valence-electron chi connectivity index (χ1n) is 8.29. The lowest BCUT2D eigenvalue weighted by atomic mass is 10.1. The van der Waals surface area contributed by atoms with Gasteiger partial charge in [-0.25, -0.2) is 13.9 Å². The van der Waals surface area contributed by atoms with Gasteiger partial charge in [-0.1, -0.05) is 12.8 Å². The topological polar surface area (TPSA) is 71.7 Å². The van der Waals surface area contributed by atoms with Gasteiger partial charge in [0.05, 0.1) is 24.9 Å². The van der Waals surface area contributed by atoms with E-state index < -0.39 is 6.10 Å². The van der Waals surface area contributed by atoms with E-state index in [4.69, 9.17) is 4.74 Å². The number of fused-ring (bicyclic) bond motifs is 1. The van der Waals surface area contributed by atoms with Crippen molar-refractivity contribution in [2.45, 2.75) is 50.2 Å². The van der Waals surface area contributed by atoms with Gasteiger partial charge in [0.2, 0.25) is 5.95 Å². The number of rotatable bonds is 3. The molecule has 1 saturated carbocycles. The number of anilines is 1. The molecule has 2 aliphatic rings. The van der Waals surface area contributed by atoms with Crippen LogP contribution < -0.4 is 5.32 Å². The number of ether oxygens (including phenoxy) is 1. The highest BCUT2D eigenvalue weighted by Gasteiger charge is 2.26. The summed E-state index contributed by atoms with van der Waals surface area (Å²) >= 11 is 0. The Labute approximate surface area is 133 Å². The van der Waals surface area contributed by atoms with Gasteiger partial charge in [0.1, 0.15) is 5.52 Å². The Balaban J connectivity index is 1.64. The van der Waals surface area contributed by atoms with E-state index in [0.717, 1.165) is 18.5 Å². The molecule has 2 N–H and O–H groups in total. The molecule has 3 heterocycles. The van der Waals surface area contributed by atoms with Gasteiger partial charge in [-0.15, -0.1) is 5.10 Å². The molecule has 124 valence electrons. The Hall–Kier alpha value is -1.73. The van der Waals surface area contributed by atoms with Gasteiger partial charge in [0, 0.05) is 18.2 Å². The Morgan fingerprint density at radius 3 is 2.91 bits per heavy atom. The molecule has 2 aromatic heterocycles. The molecule has 2 atom stereocenters. The van der Waals surface area contributed by atoms with E-state index in [1.165, 1.54) is 19.0 Å². The minimum atomic E-state index is -0.584. The second-order valence-electron chi connectivity index (χ2n) is 6.46. The van der Waals surface area contributed by atoms with Crippen LogP contribution in [0.15, 0.2) is 12.3 Å². The van der Waals surface area contributed by atoms with Gasteiger partial charge < -0.3 is 15.2 Å². The highest BCUT2D eigenvalue weighted by molar-refractivity contribution is 5.50. The summed E-state index contributed by atoms with van der Waals surface area (Å²) in [6.45, 7) is 0.911. The van der Waals surface area contributed by atoms with Crippen LogP contribution in [0.5, 0.6) is 0 Å². The molecule has 7 heteroatoms. The second-order valence-corrected chi connectivity index (χ2v) is 6.46. The van der Waals surface area contributed by atoms with Crippen LogP contribution in [0.1, 0.15) is 43.7 Å². The average molecular weight is 320 g/mol. The van der Waals surface area contributed by atoms with Gasteiger partial charge >= 0.3 is 0 Å². The van der Waals surface area contributed by atoms with Crippen LogP contribution in [0.3, 0.4) is 0 Å². The number of aliphatic hydroxyl groups is 1. The highest BCUT2D eigenvalue weighted by atomic mass is 19.1. The van der Waals surface area contributed by atoms with Crippen molar-refractivity contribution in [3.8, 4) is 0 Å². The number of aromatic nitrogens is 3. The van der Waals surface area contributed by atoms with Crippen molar-refractivity contribution < 1.29 is 14.2 Å². The molecule has 23 heavy (non-hydrogen) atoms. The van der Waals surface area contributed by atoms with E-state index in [1.807, 2.05) is 0 Å². The van der Waals surface area contributed by atoms with Crippen LogP contribution in [-0.2, 0) is 4.74 Å². The molecule has 0 amide bonds. The van der Waals surface area contributed by atoms with Crippen LogP contribution in [0.25, 0.3) is 5.52 Å². The third-order valence-corrected chi connectivity index (χ3v) is 4.91. The predicted octanol–water partition coefficient (Wildman–Crippen LogP) is 2.09. The van der Waals surface area contributed by atoms with E-state index in [2.05, 4.69) is 15.4 Å². The summed E-state index contributed by atoms with van der Waals surface area (Å²) in [7, 11) is 0. The van der Waals surface area contributed by atoms with Gasteiger partial charge in [0.15, 0.2) is 5.82 Å². The van der Waals surface area contributed by atoms with Crippen LogP contribution in [0.4, 0.5) is 10.3 Å². The van der Waals surface area contributed by atoms with Crippen molar-refractivity contribution in [2.24, 2.45) is 0 Å². The summed E-state index contributed by atoms with van der Waals surface area (Å²) in [5.74, 6) is 0.506. The molecule has 1 saturated heterocycles. The van der Waals surface area contributed by atoms with E-state index in [1.54, 1.807) is 10.6 Å². The Morgan fingerprint density at radius 2 is 2.13 bits per heavy atom. The zero-order chi connectivity index (χ0) is 15.8. The number of hydrogen-bond donors (Lipinski definition) is 2. The molecular weight excluding hydrogens is 299 g/mol. The fraction of sp³-hybridized carbons (Fsp3) is 0.625. The van der Waals surface area contributed by atoms with E-state index in [9.17, 15) is 9.50 Å². The van der Waals surface area contributed by atoms with Gasteiger partial charge in [-0.3, -0.25) is 0 Å². The van der Waals surface area contributed by atoms with Crippen LogP contribution >= 0.6 is 0 Å². The van der Waals surface area contributed by atoms with Crippen molar-refractivity contribution in [1.82, 2.24) is 14.6 Å². The summed E-state index contributed by atoms with van der Waals surface area (Å²) in [6, 6.07) is 1.45. The van der Waals surface area contributed by atoms with E-state index >= 15 is 0 Å². The lowest BCUT2D eigenvalue weighted by molar-refractivity contribution is -0.0136. The fourth-order valence-corrected chi connectivity index (χ4v) is 3.61. The minimum absolute atomic E-state index is 0.142. The zero-order valence-electron chi connectivity index (χ0n) is 12.9. The maximum Gasteiger partial charge on any atom is 0.241 e. The number of nitrogens with one attached hydrogen (secondary N) is 1. The number of hydrogen-bond acceptors (Lipinski definition) is 5. The summed E-state index contributed by atoms with van der Waals surface area (Å²) in [5.41, 5.74) is 1.33. The number of halogens is 1. The van der Waals surface area contributed by atoms with Gasteiger partial charge in [-0.2, -0.15) is 0 Å². The van der Waals surface area contributed by atoms with E-state index in [0.29, 0.717) is 37.0 Å². The van der Waals surface area contributed by atoms with Crippen molar-refractivity contribution >= 4 is 11.5 Å². The molecule has 6 nitrogen and oxygen atoms in total. The first kappa shape index (κ1) is 14.8. The van der Waals surface area contributed by atoms with Crippen molar-refractivity contribution in [1.29, 1.82) is 0 Å². The van der Waals surface area contributed by atoms with Crippen molar-refractivity contribution in [3.63, 3.8) is 0 Å². The van der Waals surface area contributed by atoms with Gasteiger partial charge in [0.25, 0.3) is 0 Å². The minimum Gasteiger partial charge on any atom is -0.389 e. The predicted molar refractivity (Wildman–Crippen MR) is 83.0 cm³/mol. The molecule has 2 aromatic rings. The summed E-state index contributed by atoms with van der Waals surface area (Å²) in [4.78, 5) is 4.20. The summed E-state index contributed by atoms with van der Waals surface area (Å²) in [6.07, 6.45) is 6.15. The van der Waals surface area contributed by atoms with Gasteiger partial charge in [-0.05, 0) is 25.3 Å². The van der Waals surface area contributed by atoms with Crippen LogP contribution in [0.2, 0.25) is 0 Å². The molecule has 0 radical (unpaired) electrons. The maximum atomic E-state index is 14.1. The zero-order valence-corrected chi connectivity index (χ0v) is 12.9. The normalized spacial score (nSPS) is 26.0. The molecule has 1 aliphatic heterocycles. The Kier molecular flexibility index (Phi) is 3.90. The second kappa shape index (κ2) is 6.05. The molecule has 1 aliphatic carbocycles. The number of nitrogens with zero attached hydrogens (tertiary/aromatic N) is 3. The standard InChI is InChI=1S/C16H21FN4O2/c17-11-7-13(10-3-1-2-4-10)21-14(11)8-18-16(20-21)19-12-5-6-23-9-15(12)22/h7-8,10,12,15,22H,1-6,9H2,(H,19,20)/t12-,15-/m1/s1. The van der Waals surface area contributed by atoms with Crippen LogP contribution in [0, 0.1) is 5.82 Å². The molecule has 0 unspecified atom stereocenters. The van der Waals surface area contributed by atoms with Crippen LogP contribution in [-0.4, -0.2) is 45.1 Å². The molecule has 4 rings (SSSR count). The third kappa shape index (κ3) is 2.79. The molecule has 0 aromatic carbocycles. The monoisotopic (exact) mass is 320 g/mol. The quantitative estimate of drug-likeness (QED) is 0.906. The molecule has 2 fully saturated rings. The van der Waals surface area contributed by atoms with Crippen molar-refractivity contribution in [2.75, 3.05) is 18.5 Å². The highest BCUT2D eigenvalue weighted by Crippen LogP contribution is 2.35. The summed E-state index contributed by atoms with van der Waals surface area (Å²) < 4.78 is 21.0. The number of aliphatic hydroxyl groups excluding tert-OH is 1. The first-order chi connectivity index (χ1) is 11.2. The SMILES string of the molecule is O[C@@H]1COCC[C@H]1Nc1ncc2c(F)cc(C3CCCC3)n2n1. The lowest BCUT2D eigenvalue weighted by Crippen LogP contribution is -2.42. The molecular formula is C16H21FN4O2. The maximum absolute atomic E-state index is 14.1. The fourth-order valence-electron chi connectivity index (χ4n) is 3.61. The van der Waals surface area contributed by atoms with Crippen molar-refractivity contribution in [3.05, 3.63) is 23.8 Å². The Morgan fingerprint density at radius 1 is 1.30 bits per heavy atom. The first-order valence-corrected chi connectivity index (χ1v) is 8.29. The molecule has 0 spiro atoms. The largest absolute Gasteiger partial charge is 0.389 e.